The monoisotopic (exact) mass is 1520 g/mol. The second-order valence-corrected chi connectivity index (χ2v) is 34.5. The van der Waals surface area contributed by atoms with Gasteiger partial charge in [-0.05, 0) is 125 Å². The Bertz CT molecular complexity index is 3150. The van der Waals surface area contributed by atoms with Gasteiger partial charge in [-0.3, -0.25) is 57.5 Å². The van der Waals surface area contributed by atoms with Gasteiger partial charge in [0.2, 0.25) is 70.9 Å². The third kappa shape index (κ3) is 22.8. The average Bonchev–Trinajstić information content (AvgIpc) is 0.869. The van der Waals surface area contributed by atoms with Crippen molar-refractivity contribution in [2.45, 2.75) is 276 Å². The van der Waals surface area contributed by atoms with E-state index in [1.165, 1.54) is 95.6 Å². The van der Waals surface area contributed by atoms with Crippen LogP contribution in [0.3, 0.4) is 0 Å². The molecule has 3 heterocycles. The molecule has 106 heavy (non-hydrogen) atoms. The number of amides is 12. The summed E-state index contributed by atoms with van der Waals surface area (Å²) in [4.78, 5) is 192. The van der Waals surface area contributed by atoms with Crippen LogP contribution in [-0.4, -0.2) is 276 Å². The lowest BCUT2D eigenvalue weighted by Gasteiger charge is -2.54. The van der Waals surface area contributed by atoms with Gasteiger partial charge in [-0.2, -0.15) is 13.2 Å². The second kappa shape index (κ2) is 37.7. The first kappa shape index (κ1) is 88.3. The number of alkyl halides is 4. The van der Waals surface area contributed by atoms with Gasteiger partial charge in [-0.25, -0.2) is 0 Å². The van der Waals surface area contributed by atoms with E-state index < -0.39 is 185 Å². The number of nitrogens with one attached hydrogen (secondary N) is 3. The van der Waals surface area contributed by atoms with Crippen LogP contribution in [0.4, 0.5) is 13.2 Å². The van der Waals surface area contributed by atoms with Crippen molar-refractivity contribution in [3.63, 3.8) is 0 Å². The van der Waals surface area contributed by atoms with E-state index >= 15 is 28.8 Å². The molecule has 2 saturated heterocycles. The average molecular weight is 1520 g/mol. The fourth-order valence-corrected chi connectivity index (χ4v) is 17.4. The zero-order valence-corrected chi connectivity index (χ0v) is 67.3. The maximum Gasteiger partial charge on any atom is 0.393 e. The Labute approximate surface area is 632 Å². The lowest BCUT2D eigenvalue weighted by Crippen LogP contribution is -2.70. The molecule has 0 radical (unpaired) electrons. The third-order valence-corrected chi connectivity index (χ3v) is 23.8. The summed E-state index contributed by atoms with van der Waals surface area (Å²) in [6.45, 7) is 18.0. The highest BCUT2D eigenvalue weighted by atomic mass is 35.5. The van der Waals surface area contributed by atoms with Gasteiger partial charge < -0.3 is 64.8 Å². The maximum absolute atomic E-state index is 15.6. The van der Waals surface area contributed by atoms with Crippen molar-refractivity contribution < 1.29 is 75.4 Å². The summed E-state index contributed by atoms with van der Waals surface area (Å²) in [6, 6.07) is -9.67. The van der Waals surface area contributed by atoms with E-state index in [4.69, 9.17) is 16.3 Å². The number of hydrogen-bond acceptors (Lipinski definition) is 13. The zero-order chi connectivity index (χ0) is 79.4. The van der Waals surface area contributed by atoms with Crippen molar-refractivity contribution in [2.75, 3.05) is 89.2 Å². The summed E-state index contributed by atoms with van der Waals surface area (Å²) in [5.74, 6) is -9.83. The van der Waals surface area contributed by atoms with E-state index in [-0.39, 0.29) is 115 Å². The van der Waals surface area contributed by atoms with Crippen LogP contribution >= 0.6 is 11.6 Å². The molecule has 1 spiro atoms. The van der Waals surface area contributed by atoms with Crippen molar-refractivity contribution in [3.8, 4) is 0 Å². The predicted octanol–water partition coefficient (Wildman–Crippen LogP) is 7.16. The fraction of sp³-hybridized carbons (Fsp3) is 0.818. The first-order valence-electron chi connectivity index (χ1n) is 38.6. The molecular formula is C77H126ClF3N12O13. The van der Waals surface area contributed by atoms with E-state index in [1.807, 2.05) is 54.5 Å². The Morgan fingerprint density at radius 1 is 0.689 bits per heavy atom. The molecule has 3 saturated carbocycles. The lowest BCUT2D eigenvalue weighted by molar-refractivity contribution is -0.182. The number of likely N-dealkylation sites (N-methyl/N-ethyl adjacent to an activating group) is 7. The quantitative estimate of drug-likeness (QED) is 0.122. The van der Waals surface area contributed by atoms with E-state index in [0.29, 0.717) is 25.2 Å². The molecule has 13 atom stereocenters. The predicted molar refractivity (Wildman–Crippen MR) is 397 cm³/mol. The van der Waals surface area contributed by atoms with Gasteiger partial charge >= 0.3 is 6.18 Å². The highest BCUT2D eigenvalue weighted by Gasteiger charge is 2.58. The Kier molecular flexibility index (Phi) is 31.4. The number of rotatable bonds is 13. The van der Waals surface area contributed by atoms with Crippen molar-refractivity contribution in [1.82, 2.24) is 60.0 Å². The molecule has 29 heteroatoms. The van der Waals surface area contributed by atoms with E-state index in [0.717, 1.165) is 30.6 Å². The van der Waals surface area contributed by atoms with Crippen molar-refractivity contribution >= 4 is 82.5 Å². The van der Waals surface area contributed by atoms with E-state index in [1.54, 1.807) is 19.9 Å². The van der Waals surface area contributed by atoms with Crippen LogP contribution in [0.15, 0.2) is 12.2 Å². The summed E-state index contributed by atoms with van der Waals surface area (Å²) in [5.41, 5.74) is -2.72. The van der Waals surface area contributed by atoms with Crippen LogP contribution in [0, 0.1) is 40.4 Å². The third-order valence-electron chi connectivity index (χ3n) is 23.3. The molecule has 25 nitrogen and oxygen atoms in total. The van der Waals surface area contributed by atoms with Crippen LogP contribution in [0.5, 0.6) is 0 Å². The van der Waals surface area contributed by atoms with Crippen LogP contribution in [0.1, 0.15) is 204 Å². The Morgan fingerprint density at radius 3 is 1.90 bits per heavy atom. The van der Waals surface area contributed by atoms with Gasteiger partial charge in [0.1, 0.15) is 47.8 Å². The molecule has 5 fully saturated rings. The minimum Gasteiger partial charge on any atom is -0.377 e. The van der Waals surface area contributed by atoms with Gasteiger partial charge in [-0.15, -0.1) is 11.6 Å². The second-order valence-electron chi connectivity index (χ2n) is 33.9. The molecule has 0 aromatic heterocycles. The Balaban J connectivity index is 1.46. The first-order chi connectivity index (χ1) is 49.4. The first-order valence-corrected chi connectivity index (χ1v) is 39.1. The van der Waals surface area contributed by atoms with Crippen molar-refractivity contribution in [3.05, 3.63) is 12.2 Å². The normalized spacial score (nSPS) is 31.3. The molecule has 0 aromatic carbocycles. The molecule has 6 aliphatic rings. The summed E-state index contributed by atoms with van der Waals surface area (Å²) in [7, 11) is 11.5. The highest BCUT2D eigenvalue weighted by molar-refractivity contribution is 6.21. The highest BCUT2D eigenvalue weighted by Crippen LogP contribution is 2.50. The Hall–Kier alpha value is -6.58. The largest absolute Gasteiger partial charge is 0.393 e. The number of ether oxygens (including phenoxy) is 1. The standard InChI is InChI=1S/C77H126ClF3N12O13/c1-19-25-56-66(98)83-65(48(5)20-2)72(104)87(14)44-64(97)89(16)57-26-23-22-24-35-92(71(57)103)59(37-50-29-27-47(4)28-30-50)69(101)86(13)43-62(95)82-55(34-32-49-31-33-53(54(78)36-49)77(79,80)81)67(99)93-42-52(106-21-3)38-51(93)39-61(94)84-76(45-75(9,10)46-76)73(105)91(18)60(41-74(6,7)8)70(102)90(17)58(68(100)85(11)12)40-63(96)88(56)15/h22-23,47-60,65H,19-21,24-46H2,1-18H3,(H,82,95)(H,83,98)(H,84,94)/b23-22-/t47?,48-,49?,50?,51-,52+,53?,54?,55-,56-,57-,58-,59-,60-,65-/m0/s1. The van der Waals surface area contributed by atoms with E-state index in [9.17, 15) is 41.9 Å². The minimum atomic E-state index is -4.52. The summed E-state index contributed by atoms with van der Waals surface area (Å²) in [6.07, 6.45) is 2.96. The number of halogens is 4. The number of fused-ring (bicyclic) bond motifs is 3. The zero-order valence-electron chi connectivity index (χ0n) is 66.5. The maximum atomic E-state index is 15.6. The van der Waals surface area contributed by atoms with Crippen molar-refractivity contribution in [2.24, 2.45) is 40.4 Å². The van der Waals surface area contributed by atoms with Gasteiger partial charge in [0.25, 0.3) is 0 Å². The van der Waals surface area contributed by atoms with Gasteiger partial charge in [0, 0.05) is 93.9 Å². The van der Waals surface area contributed by atoms with Crippen LogP contribution < -0.4 is 16.0 Å². The van der Waals surface area contributed by atoms with Gasteiger partial charge in [0.15, 0.2) is 0 Å². The number of hydrogen-bond donors (Lipinski definition) is 3. The lowest BCUT2D eigenvalue weighted by atomic mass is 9.58. The van der Waals surface area contributed by atoms with E-state index in [2.05, 4.69) is 22.9 Å². The molecular weight excluding hydrogens is 1390 g/mol. The molecule has 12 amide bonds. The van der Waals surface area contributed by atoms with Crippen LogP contribution in [-0.2, 0) is 62.3 Å². The molecule has 3 unspecified atom stereocenters. The van der Waals surface area contributed by atoms with Gasteiger partial charge in [0.05, 0.1) is 31.5 Å². The number of nitrogens with zero attached hydrogens (tertiary/aromatic N) is 9. The van der Waals surface area contributed by atoms with Crippen molar-refractivity contribution in [1.29, 1.82) is 0 Å². The Morgan fingerprint density at radius 2 is 1.32 bits per heavy atom. The fourth-order valence-electron chi connectivity index (χ4n) is 16.9. The van der Waals surface area contributed by atoms with Crippen LogP contribution in [0.25, 0.3) is 0 Å². The number of carbonyl (C=O) groups excluding carboxylic acids is 12. The summed E-state index contributed by atoms with van der Waals surface area (Å²) >= 11 is 6.46. The summed E-state index contributed by atoms with van der Waals surface area (Å²) < 4.78 is 48.5. The molecule has 2 bridgehead atoms. The molecule has 600 valence electrons. The number of carbonyl (C=O) groups is 12. The molecule has 3 aliphatic heterocycles. The minimum absolute atomic E-state index is 0.000378. The SMILES string of the molecule is CCC[C@H]1C(=O)N[C@@H]([C@@H](C)CC)C(=O)N(C)CC(=O)N(C)[C@H]2C/C=C\CCN(C2=O)[C@@H](CC2CCC(C)CC2)C(=O)N(C)CC(=O)N[C@@H](CCC2CCC(C(F)(F)F)C(Cl)C2)C(=O)N2C[C@H](OCC)C[C@H]2CC(=O)NC2(CC(C)(C)C2)C(=O)N(C)[C@@H](CC(C)(C)C)C(=O)N(C)[C@H](C(=O)N(C)C)CC(=O)N1C. The molecule has 0 aromatic rings. The molecule has 3 aliphatic carbocycles. The molecule has 6 rings (SSSR count). The summed E-state index contributed by atoms with van der Waals surface area (Å²) in [5, 5.41) is 7.62. The molecule has 3 N–H and O–H groups in total. The van der Waals surface area contributed by atoms with Gasteiger partial charge in [-0.1, -0.05) is 113 Å². The van der Waals surface area contributed by atoms with Crippen LogP contribution in [0.2, 0.25) is 0 Å². The smallest absolute Gasteiger partial charge is 0.377 e. The topological polar surface area (TPSA) is 279 Å².